The zero-order valence-electron chi connectivity index (χ0n) is 11.0. The van der Waals surface area contributed by atoms with Gasteiger partial charge in [-0.15, -0.1) is 0 Å². The van der Waals surface area contributed by atoms with Gasteiger partial charge < -0.3 is 10.6 Å². The van der Waals surface area contributed by atoms with Crippen molar-refractivity contribution in [1.29, 1.82) is 0 Å². The molecule has 0 spiro atoms. The average Bonchev–Trinajstić information content (AvgIpc) is 2.99. The monoisotopic (exact) mass is 248 g/mol. The molecular formula is C13H20N4O. The van der Waals surface area contributed by atoms with Crippen molar-refractivity contribution in [2.45, 2.75) is 25.8 Å². The molecule has 1 saturated heterocycles. The van der Waals surface area contributed by atoms with Crippen LogP contribution in [0.25, 0.3) is 0 Å². The number of nitrogens with zero attached hydrogens (tertiary/aromatic N) is 3. The Morgan fingerprint density at radius 2 is 2.22 bits per heavy atom. The molecule has 3 unspecified atom stereocenters. The minimum Gasteiger partial charge on any atom is -0.338 e. The second-order valence-corrected chi connectivity index (χ2v) is 5.64. The summed E-state index contributed by atoms with van der Waals surface area (Å²) >= 11 is 0. The number of amides is 1. The van der Waals surface area contributed by atoms with Crippen molar-refractivity contribution in [1.82, 2.24) is 14.7 Å². The molecule has 2 heterocycles. The van der Waals surface area contributed by atoms with Crippen LogP contribution in [0.1, 0.15) is 28.9 Å². The SMILES string of the molecule is Cc1c(C(=O)N2CC3CCC(N)C3C2)cnn1C. The Kier molecular flexibility index (Phi) is 2.66. The van der Waals surface area contributed by atoms with Crippen LogP contribution in [0.15, 0.2) is 6.20 Å². The highest BCUT2D eigenvalue weighted by atomic mass is 16.2. The van der Waals surface area contributed by atoms with E-state index in [1.807, 2.05) is 18.9 Å². The number of likely N-dealkylation sites (tertiary alicyclic amines) is 1. The molecule has 5 heteroatoms. The van der Waals surface area contributed by atoms with Gasteiger partial charge in [-0.25, -0.2) is 0 Å². The van der Waals surface area contributed by atoms with Crippen molar-refractivity contribution in [3.05, 3.63) is 17.5 Å². The molecular weight excluding hydrogens is 228 g/mol. The van der Waals surface area contributed by atoms with Crippen LogP contribution in [0.2, 0.25) is 0 Å². The Morgan fingerprint density at radius 1 is 1.44 bits per heavy atom. The van der Waals surface area contributed by atoms with Gasteiger partial charge >= 0.3 is 0 Å². The first-order valence-electron chi connectivity index (χ1n) is 6.61. The lowest BCUT2D eigenvalue weighted by molar-refractivity contribution is 0.0778. The summed E-state index contributed by atoms with van der Waals surface area (Å²) in [6.45, 7) is 3.62. The summed E-state index contributed by atoms with van der Waals surface area (Å²) in [5, 5.41) is 4.14. The second-order valence-electron chi connectivity index (χ2n) is 5.64. The van der Waals surface area contributed by atoms with E-state index in [4.69, 9.17) is 5.73 Å². The van der Waals surface area contributed by atoms with Crippen LogP contribution in [-0.4, -0.2) is 39.7 Å². The average molecular weight is 248 g/mol. The molecule has 0 radical (unpaired) electrons. The third kappa shape index (κ3) is 1.65. The topological polar surface area (TPSA) is 64.2 Å². The molecule has 1 saturated carbocycles. The number of hydrogen-bond donors (Lipinski definition) is 1. The Hall–Kier alpha value is -1.36. The van der Waals surface area contributed by atoms with Gasteiger partial charge in [-0.2, -0.15) is 5.10 Å². The molecule has 2 fully saturated rings. The van der Waals surface area contributed by atoms with Gasteiger partial charge in [0, 0.05) is 31.9 Å². The van der Waals surface area contributed by atoms with Crippen molar-refractivity contribution >= 4 is 5.91 Å². The van der Waals surface area contributed by atoms with E-state index >= 15 is 0 Å². The van der Waals surface area contributed by atoms with E-state index in [1.165, 1.54) is 6.42 Å². The molecule has 0 bridgehead atoms. The molecule has 1 aromatic rings. The number of aromatic nitrogens is 2. The summed E-state index contributed by atoms with van der Waals surface area (Å²) in [6.07, 6.45) is 3.95. The number of nitrogens with two attached hydrogens (primary N) is 1. The fourth-order valence-electron chi connectivity index (χ4n) is 3.35. The van der Waals surface area contributed by atoms with Crippen LogP contribution in [0.4, 0.5) is 0 Å². The summed E-state index contributed by atoms with van der Waals surface area (Å²) in [5.41, 5.74) is 7.76. The lowest BCUT2D eigenvalue weighted by Gasteiger charge is -2.18. The Labute approximate surface area is 107 Å². The van der Waals surface area contributed by atoms with E-state index in [9.17, 15) is 4.79 Å². The third-order valence-electron chi connectivity index (χ3n) is 4.67. The molecule has 1 aromatic heterocycles. The minimum absolute atomic E-state index is 0.113. The maximum Gasteiger partial charge on any atom is 0.257 e. The highest BCUT2D eigenvalue weighted by Crippen LogP contribution is 2.37. The van der Waals surface area contributed by atoms with E-state index in [0.717, 1.165) is 30.8 Å². The van der Waals surface area contributed by atoms with E-state index < -0.39 is 0 Å². The van der Waals surface area contributed by atoms with Crippen molar-refractivity contribution in [2.24, 2.45) is 24.6 Å². The normalized spacial score (nSPS) is 30.8. The summed E-state index contributed by atoms with van der Waals surface area (Å²) < 4.78 is 1.75. The summed E-state index contributed by atoms with van der Waals surface area (Å²) in [4.78, 5) is 14.4. The van der Waals surface area contributed by atoms with Crippen LogP contribution in [0.3, 0.4) is 0 Å². The van der Waals surface area contributed by atoms with Crippen LogP contribution >= 0.6 is 0 Å². The molecule has 2 N–H and O–H groups in total. The predicted octanol–water partition coefficient (Wildman–Crippen LogP) is 0.538. The van der Waals surface area contributed by atoms with Crippen LogP contribution in [0.5, 0.6) is 0 Å². The Balaban J connectivity index is 1.77. The van der Waals surface area contributed by atoms with E-state index in [0.29, 0.717) is 11.8 Å². The molecule has 1 aliphatic heterocycles. The van der Waals surface area contributed by atoms with Crippen LogP contribution in [-0.2, 0) is 7.05 Å². The summed E-state index contributed by atoms with van der Waals surface area (Å²) in [5.74, 6) is 1.23. The maximum absolute atomic E-state index is 12.5. The molecule has 0 aromatic carbocycles. The van der Waals surface area contributed by atoms with E-state index in [2.05, 4.69) is 5.10 Å². The fraction of sp³-hybridized carbons (Fsp3) is 0.692. The van der Waals surface area contributed by atoms with Crippen LogP contribution in [0, 0.1) is 18.8 Å². The third-order valence-corrected chi connectivity index (χ3v) is 4.67. The van der Waals surface area contributed by atoms with Gasteiger partial charge in [0.1, 0.15) is 0 Å². The van der Waals surface area contributed by atoms with Crippen molar-refractivity contribution in [3.63, 3.8) is 0 Å². The molecule has 2 aliphatic rings. The Morgan fingerprint density at radius 3 is 2.83 bits per heavy atom. The summed E-state index contributed by atoms with van der Waals surface area (Å²) in [7, 11) is 1.86. The zero-order valence-corrected chi connectivity index (χ0v) is 11.0. The smallest absolute Gasteiger partial charge is 0.257 e. The quantitative estimate of drug-likeness (QED) is 0.789. The first-order chi connectivity index (χ1) is 8.58. The number of carbonyl (C=O) groups is 1. The van der Waals surface area contributed by atoms with Gasteiger partial charge in [-0.3, -0.25) is 9.48 Å². The van der Waals surface area contributed by atoms with Crippen molar-refractivity contribution in [3.8, 4) is 0 Å². The molecule has 3 atom stereocenters. The number of rotatable bonds is 1. The maximum atomic E-state index is 12.5. The Bertz CT molecular complexity index is 481. The number of carbonyl (C=O) groups excluding carboxylic acids is 1. The van der Waals surface area contributed by atoms with Gasteiger partial charge in [-0.1, -0.05) is 0 Å². The van der Waals surface area contributed by atoms with E-state index in [-0.39, 0.29) is 11.9 Å². The lowest BCUT2D eigenvalue weighted by atomic mass is 9.98. The number of aryl methyl sites for hydroxylation is 1. The van der Waals surface area contributed by atoms with Gasteiger partial charge in [0.25, 0.3) is 5.91 Å². The largest absolute Gasteiger partial charge is 0.338 e. The fourth-order valence-corrected chi connectivity index (χ4v) is 3.35. The molecule has 98 valence electrons. The van der Waals surface area contributed by atoms with Gasteiger partial charge in [0.05, 0.1) is 11.8 Å². The summed E-state index contributed by atoms with van der Waals surface area (Å²) in [6, 6.07) is 0.280. The van der Waals surface area contributed by atoms with E-state index in [1.54, 1.807) is 10.9 Å². The minimum atomic E-state index is 0.113. The standard InChI is InChI=1S/C13H20N4O/c1-8-10(5-15-16(8)2)13(18)17-6-9-3-4-12(14)11(9)7-17/h5,9,11-12H,3-4,6-7,14H2,1-2H3. The number of fused-ring (bicyclic) bond motifs is 1. The van der Waals surface area contributed by atoms with Gasteiger partial charge in [-0.05, 0) is 31.6 Å². The lowest BCUT2D eigenvalue weighted by Crippen LogP contribution is -2.33. The molecule has 3 rings (SSSR count). The molecule has 1 aliphatic carbocycles. The van der Waals surface area contributed by atoms with Crippen molar-refractivity contribution in [2.75, 3.05) is 13.1 Å². The highest BCUT2D eigenvalue weighted by Gasteiger charge is 2.42. The van der Waals surface area contributed by atoms with Gasteiger partial charge in [0.15, 0.2) is 0 Å². The molecule has 18 heavy (non-hydrogen) atoms. The molecule has 1 amide bonds. The highest BCUT2D eigenvalue weighted by molar-refractivity contribution is 5.95. The van der Waals surface area contributed by atoms with Gasteiger partial charge in [0.2, 0.25) is 0 Å². The van der Waals surface area contributed by atoms with Crippen molar-refractivity contribution < 1.29 is 4.79 Å². The first kappa shape index (κ1) is 11.7. The predicted molar refractivity (Wildman–Crippen MR) is 68.0 cm³/mol. The first-order valence-corrected chi connectivity index (χ1v) is 6.61. The molecule has 5 nitrogen and oxygen atoms in total. The van der Waals surface area contributed by atoms with Crippen LogP contribution < -0.4 is 5.73 Å². The number of hydrogen-bond acceptors (Lipinski definition) is 3. The zero-order chi connectivity index (χ0) is 12.9. The second kappa shape index (κ2) is 4.09.